The van der Waals surface area contributed by atoms with Gasteiger partial charge in [-0.25, -0.2) is 4.79 Å². The molecule has 2 atom stereocenters. The van der Waals surface area contributed by atoms with E-state index in [0.29, 0.717) is 12.5 Å². The summed E-state index contributed by atoms with van der Waals surface area (Å²) in [6, 6.07) is 0. The maximum absolute atomic E-state index is 12.1. The summed E-state index contributed by atoms with van der Waals surface area (Å²) in [6.45, 7) is 14.5. The molecule has 0 radical (unpaired) electrons. The number of piperidine rings is 1. The Morgan fingerprint density at radius 3 is 2.55 bits per heavy atom. The minimum Gasteiger partial charge on any atom is -0.444 e. The summed E-state index contributed by atoms with van der Waals surface area (Å²) in [5.41, 5.74) is -1.14. The normalized spacial score (nSPS) is 22.5. The van der Waals surface area contributed by atoms with Gasteiger partial charge in [-0.05, 0) is 58.9 Å². The van der Waals surface area contributed by atoms with Gasteiger partial charge >= 0.3 is 6.09 Å². The number of ether oxygens (including phenoxy) is 1. The van der Waals surface area contributed by atoms with Gasteiger partial charge in [-0.15, -0.1) is 0 Å². The smallest absolute Gasteiger partial charge is 0.410 e. The van der Waals surface area contributed by atoms with Gasteiger partial charge in [-0.3, -0.25) is 0 Å². The van der Waals surface area contributed by atoms with Crippen LogP contribution in [0.15, 0.2) is 0 Å². The molecule has 0 aromatic carbocycles. The van der Waals surface area contributed by atoms with Crippen molar-refractivity contribution in [3.8, 4) is 0 Å². The number of nitrogens with one attached hydrogen (secondary N) is 1. The molecule has 1 heterocycles. The van der Waals surface area contributed by atoms with Crippen LogP contribution in [0, 0.1) is 11.8 Å². The lowest BCUT2D eigenvalue weighted by Crippen LogP contribution is -2.47. The maximum atomic E-state index is 12.1. The fourth-order valence-corrected chi connectivity index (χ4v) is 2.46. The quantitative estimate of drug-likeness (QED) is 0.819. The van der Waals surface area contributed by atoms with E-state index in [1.54, 1.807) is 0 Å². The van der Waals surface area contributed by atoms with Crippen LogP contribution in [0.1, 0.15) is 54.4 Å². The molecule has 2 unspecified atom stereocenters. The van der Waals surface area contributed by atoms with Gasteiger partial charge in [0.2, 0.25) is 0 Å². The largest absolute Gasteiger partial charge is 0.444 e. The zero-order chi connectivity index (χ0) is 17.0. The van der Waals surface area contributed by atoms with Crippen LogP contribution >= 0.6 is 0 Å². The highest BCUT2D eigenvalue weighted by molar-refractivity contribution is 5.68. The van der Waals surface area contributed by atoms with Crippen molar-refractivity contribution < 1.29 is 14.6 Å². The molecule has 0 aliphatic carbocycles. The molecule has 0 bridgehead atoms. The van der Waals surface area contributed by atoms with Crippen LogP contribution in [0.2, 0.25) is 0 Å². The fourth-order valence-electron chi connectivity index (χ4n) is 2.46. The van der Waals surface area contributed by atoms with Gasteiger partial charge in [0, 0.05) is 19.6 Å². The average Bonchev–Trinajstić information content (AvgIpc) is 2.36. The van der Waals surface area contributed by atoms with Crippen LogP contribution in [0.3, 0.4) is 0 Å². The second kappa shape index (κ2) is 7.64. The van der Waals surface area contributed by atoms with E-state index in [-0.39, 0.29) is 12.0 Å². The van der Waals surface area contributed by atoms with E-state index in [1.807, 2.05) is 46.4 Å². The van der Waals surface area contributed by atoms with E-state index in [0.717, 1.165) is 32.5 Å². The highest BCUT2D eigenvalue weighted by atomic mass is 16.6. The number of likely N-dealkylation sites (tertiary alicyclic amines) is 1. The van der Waals surface area contributed by atoms with Crippen molar-refractivity contribution in [2.24, 2.45) is 11.8 Å². The van der Waals surface area contributed by atoms with Crippen LogP contribution in [-0.2, 0) is 4.74 Å². The van der Waals surface area contributed by atoms with Crippen LogP contribution < -0.4 is 5.32 Å². The molecule has 1 fully saturated rings. The molecule has 5 nitrogen and oxygen atoms in total. The third-order valence-electron chi connectivity index (χ3n) is 4.33. The number of rotatable bonds is 5. The highest BCUT2D eigenvalue weighted by Crippen LogP contribution is 2.19. The van der Waals surface area contributed by atoms with Crippen LogP contribution in [0.25, 0.3) is 0 Å². The molecule has 2 N–H and O–H groups in total. The Morgan fingerprint density at radius 1 is 1.36 bits per heavy atom. The van der Waals surface area contributed by atoms with Crippen molar-refractivity contribution >= 4 is 6.09 Å². The zero-order valence-corrected chi connectivity index (χ0v) is 15.1. The fraction of sp³-hybridized carbons (Fsp3) is 0.941. The molecule has 130 valence electrons. The van der Waals surface area contributed by atoms with Crippen molar-refractivity contribution in [1.29, 1.82) is 0 Å². The molecule has 1 rings (SSSR count). The Balaban J connectivity index is 2.39. The Hall–Kier alpha value is -0.810. The molecular weight excluding hydrogens is 280 g/mol. The Morgan fingerprint density at radius 2 is 2.00 bits per heavy atom. The van der Waals surface area contributed by atoms with Gasteiger partial charge in [0.15, 0.2) is 0 Å². The van der Waals surface area contributed by atoms with Crippen molar-refractivity contribution in [3.05, 3.63) is 0 Å². The number of carbonyl (C=O) groups excluding carboxylic acids is 1. The van der Waals surface area contributed by atoms with E-state index < -0.39 is 11.2 Å². The van der Waals surface area contributed by atoms with Gasteiger partial charge in [0.05, 0.1) is 5.60 Å². The predicted molar refractivity (Wildman–Crippen MR) is 88.9 cm³/mol. The Labute approximate surface area is 135 Å². The summed E-state index contributed by atoms with van der Waals surface area (Å²) < 4.78 is 5.44. The maximum Gasteiger partial charge on any atom is 0.410 e. The van der Waals surface area contributed by atoms with E-state index >= 15 is 0 Å². The second-order valence-corrected chi connectivity index (χ2v) is 8.08. The summed E-state index contributed by atoms with van der Waals surface area (Å²) >= 11 is 0. The van der Waals surface area contributed by atoms with Gasteiger partial charge in [0.25, 0.3) is 0 Å². The second-order valence-electron chi connectivity index (χ2n) is 8.08. The standard InChI is InChI=1S/C17H34N2O3/c1-13(2)17(6,21)12-18-10-14-8-7-9-19(11-14)15(20)22-16(3,4)5/h13-14,18,21H,7-12H2,1-6H3. The van der Waals surface area contributed by atoms with Crippen LogP contribution in [-0.4, -0.2) is 53.5 Å². The Kier molecular flexibility index (Phi) is 6.68. The van der Waals surface area contributed by atoms with E-state index in [2.05, 4.69) is 5.32 Å². The van der Waals surface area contributed by atoms with E-state index in [1.165, 1.54) is 0 Å². The number of carbonyl (C=O) groups is 1. The average molecular weight is 314 g/mol. The lowest BCUT2D eigenvalue weighted by Gasteiger charge is -2.35. The van der Waals surface area contributed by atoms with E-state index in [9.17, 15) is 9.90 Å². The first-order chi connectivity index (χ1) is 10.0. The van der Waals surface area contributed by atoms with Crippen molar-refractivity contribution in [2.75, 3.05) is 26.2 Å². The number of hydrogen-bond acceptors (Lipinski definition) is 4. The van der Waals surface area contributed by atoms with E-state index in [4.69, 9.17) is 4.74 Å². The van der Waals surface area contributed by atoms with Crippen LogP contribution in [0.5, 0.6) is 0 Å². The molecule has 1 aliphatic rings. The minimum absolute atomic E-state index is 0.213. The topological polar surface area (TPSA) is 61.8 Å². The minimum atomic E-state index is -0.695. The zero-order valence-electron chi connectivity index (χ0n) is 15.1. The number of hydrogen-bond donors (Lipinski definition) is 2. The van der Waals surface area contributed by atoms with Gasteiger partial charge in [-0.1, -0.05) is 13.8 Å². The third kappa shape index (κ3) is 6.53. The van der Waals surface area contributed by atoms with Crippen molar-refractivity contribution in [3.63, 3.8) is 0 Å². The molecule has 1 saturated heterocycles. The van der Waals surface area contributed by atoms with Crippen molar-refractivity contribution in [1.82, 2.24) is 10.2 Å². The number of amides is 1. The molecule has 5 heteroatoms. The molecule has 0 aromatic heterocycles. The summed E-state index contributed by atoms with van der Waals surface area (Å²) in [7, 11) is 0. The first kappa shape index (κ1) is 19.2. The monoisotopic (exact) mass is 314 g/mol. The van der Waals surface area contributed by atoms with Gasteiger partial charge in [0.1, 0.15) is 5.60 Å². The third-order valence-corrected chi connectivity index (χ3v) is 4.33. The first-order valence-corrected chi connectivity index (χ1v) is 8.42. The predicted octanol–water partition coefficient (Wildman–Crippen LogP) is 2.63. The lowest BCUT2D eigenvalue weighted by molar-refractivity contribution is 0.00848. The Bertz CT molecular complexity index is 361. The summed E-state index contributed by atoms with van der Waals surface area (Å²) in [5, 5.41) is 13.6. The molecule has 0 saturated carbocycles. The van der Waals surface area contributed by atoms with Crippen LogP contribution in [0.4, 0.5) is 4.79 Å². The van der Waals surface area contributed by atoms with Gasteiger partial charge < -0.3 is 20.1 Å². The number of nitrogens with zero attached hydrogens (tertiary/aromatic N) is 1. The summed E-state index contributed by atoms with van der Waals surface area (Å²) in [5.74, 6) is 0.633. The summed E-state index contributed by atoms with van der Waals surface area (Å²) in [4.78, 5) is 13.9. The SMILES string of the molecule is CC(C)C(C)(O)CNCC1CCCN(C(=O)OC(C)(C)C)C1. The highest BCUT2D eigenvalue weighted by Gasteiger charge is 2.28. The number of aliphatic hydroxyl groups is 1. The molecule has 0 spiro atoms. The molecule has 1 amide bonds. The summed E-state index contributed by atoms with van der Waals surface area (Å²) in [6.07, 6.45) is 1.90. The lowest BCUT2D eigenvalue weighted by atomic mass is 9.92. The molecule has 22 heavy (non-hydrogen) atoms. The molecule has 0 aromatic rings. The first-order valence-electron chi connectivity index (χ1n) is 8.42. The molecular formula is C17H34N2O3. The van der Waals surface area contributed by atoms with Crippen molar-refractivity contribution in [2.45, 2.75) is 65.6 Å². The molecule has 1 aliphatic heterocycles. The van der Waals surface area contributed by atoms with Gasteiger partial charge in [-0.2, -0.15) is 0 Å².